The van der Waals surface area contributed by atoms with Crippen molar-refractivity contribution in [3.8, 4) is 0 Å². The first kappa shape index (κ1) is 22.4. The summed E-state index contributed by atoms with van der Waals surface area (Å²) in [4.78, 5) is 26.6. The molecule has 0 fully saturated rings. The minimum Gasteiger partial charge on any atom is -0.362 e. The number of Topliss-reactive ketones (excluding diaryl/α,β-unsaturated/α-hetero) is 1. The van der Waals surface area contributed by atoms with Gasteiger partial charge in [-0.2, -0.15) is 0 Å². The normalized spacial score (nSPS) is 20.1. The van der Waals surface area contributed by atoms with E-state index in [1.165, 1.54) is 6.07 Å². The van der Waals surface area contributed by atoms with Crippen LogP contribution in [0.1, 0.15) is 45.1 Å². The van der Waals surface area contributed by atoms with E-state index in [2.05, 4.69) is 26.6 Å². The molecule has 0 saturated heterocycles. The number of ketones is 1. The van der Waals surface area contributed by atoms with Gasteiger partial charge in [0.2, 0.25) is 0 Å². The van der Waals surface area contributed by atoms with Gasteiger partial charge in [0.15, 0.2) is 5.78 Å². The Balaban J connectivity index is 1.80. The van der Waals surface area contributed by atoms with Crippen LogP contribution in [0.15, 0.2) is 69.5 Å². The molecular formula is C25H23BrF2N2O2. The molecule has 2 N–H and O–H groups in total. The highest BCUT2D eigenvalue weighted by molar-refractivity contribution is 9.10. The molecule has 2 aromatic carbocycles. The van der Waals surface area contributed by atoms with E-state index in [0.717, 1.165) is 27.9 Å². The van der Waals surface area contributed by atoms with Crippen molar-refractivity contribution in [2.45, 2.75) is 39.5 Å². The van der Waals surface area contributed by atoms with Gasteiger partial charge in [0, 0.05) is 45.4 Å². The van der Waals surface area contributed by atoms with Crippen LogP contribution in [0.4, 0.5) is 14.5 Å². The number of anilines is 1. The zero-order valence-corrected chi connectivity index (χ0v) is 19.6. The number of amides is 1. The van der Waals surface area contributed by atoms with Gasteiger partial charge in [-0.1, -0.05) is 41.9 Å². The Morgan fingerprint density at radius 2 is 1.81 bits per heavy atom. The van der Waals surface area contributed by atoms with Gasteiger partial charge in [0.1, 0.15) is 11.6 Å². The maximum Gasteiger partial charge on any atom is 0.254 e. The third-order valence-corrected chi connectivity index (χ3v) is 6.40. The van der Waals surface area contributed by atoms with E-state index in [0.29, 0.717) is 29.7 Å². The van der Waals surface area contributed by atoms with Gasteiger partial charge >= 0.3 is 0 Å². The SMILES string of the molecule is CC1=C(C(=O)Nc2ccc(F)cc2F)[C@@H](c2ccc(Br)cc2)C2=C(CC(C)(C)CC2=O)N1. The summed E-state index contributed by atoms with van der Waals surface area (Å²) in [6.45, 7) is 5.87. The van der Waals surface area contributed by atoms with Crippen LogP contribution in [-0.2, 0) is 9.59 Å². The van der Waals surface area contributed by atoms with Gasteiger partial charge in [-0.05, 0) is 48.6 Å². The number of halogens is 3. The summed E-state index contributed by atoms with van der Waals surface area (Å²) >= 11 is 3.42. The second kappa shape index (κ2) is 8.28. The summed E-state index contributed by atoms with van der Waals surface area (Å²) < 4.78 is 28.4. The third kappa shape index (κ3) is 4.26. The molecule has 32 heavy (non-hydrogen) atoms. The molecule has 1 aliphatic heterocycles. The fourth-order valence-corrected chi connectivity index (χ4v) is 4.77. The van der Waals surface area contributed by atoms with Crippen LogP contribution in [0.25, 0.3) is 0 Å². The molecule has 0 saturated carbocycles. The lowest BCUT2D eigenvalue weighted by Crippen LogP contribution is -2.39. The van der Waals surface area contributed by atoms with Gasteiger partial charge in [-0.3, -0.25) is 9.59 Å². The zero-order valence-electron chi connectivity index (χ0n) is 18.0. The summed E-state index contributed by atoms with van der Waals surface area (Å²) in [5.74, 6) is -2.74. The van der Waals surface area contributed by atoms with Crippen LogP contribution < -0.4 is 10.6 Å². The molecule has 1 amide bonds. The Morgan fingerprint density at radius 3 is 2.47 bits per heavy atom. The summed E-state index contributed by atoms with van der Waals surface area (Å²) in [5, 5.41) is 5.82. The summed E-state index contributed by atoms with van der Waals surface area (Å²) in [7, 11) is 0. The molecule has 0 radical (unpaired) electrons. The Kier molecular flexibility index (Phi) is 5.79. The number of allylic oxidation sites excluding steroid dienone is 3. The largest absolute Gasteiger partial charge is 0.362 e. The number of dihydropyridines is 1. The lowest BCUT2D eigenvalue weighted by atomic mass is 9.68. The van der Waals surface area contributed by atoms with Crippen molar-refractivity contribution < 1.29 is 18.4 Å². The predicted octanol–water partition coefficient (Wildman–Crippen LogP) is 5.97. The van der Waals surface area contributed by atoms with Crippen molar-refractivity contribution in [2.75, 3.05) is 5.32 Å². The summed E-state index contributed by atoms with van der Waals surface area (Å²) in [6, 6.07) is 10.4. The molecule has 1 aliphatic carbocycles. The van der Waals surface area contributed by atoms with Gasteiger partial charge in [0.25, 0.3) is 5.91 Å². The fourth-order valence-electron chi connectivity index (χ4n) is 4.51. The van der Waals surface area contributed by atoms with Gasteiger partial charge in [-0.25, -0.2) is 8.78 Å². The lowest BCUT2D eigenvalue weighted by molar-refractivity contribution is -0.118. The first-order valence-electron chi connectivity index (χ1n) is 10.3. The molecule has 7 heteroatoms. The van der Waals surface area contributed by atoms with Crippen LogP contribution in [0.2, 0.25) is 0 Å². The average molecular weight is 501 g/mol. The van der Waals surface area contributed by atoms with Crippen molar-refractivity contribution in [1.29, 1.82) is 0 Å². The number of rotatable bonds is 3. The first-order chi connectivity index (χ1) is 15.1. The smallest absolute Gasteiger partial charge is 0.254 e. The standard InChI is InChI=1S/C25H23BrF2N2O2/c1-13-21(24(32)30-18-9-8-16(27)10-17(18)28)22(14-4-6-15(26)7-5-14)23-19(29-13)11-25(2,3)12-20(23)31/h4-10,22,29H,11-12H2,1-3H3,(H,30,32)/t22-/m1/s1. The number of nitrogens with one attached hydrogen (secondary N) is 2. The van der Waals surface area contributed by atoms with E-state index in [4.69, 9.17) is 0 Å². The van der Waals surface area contributed by atoms with Gasteiger partial charge in [-0.15, -0.1) is 0 Å². The Labute approximate surface area is 193 Å². The first-order valence-corrected chi connectivity index (χ1v) is 11.1. The predicted molar refractivity (Wildman–Crippen MR) is 123 cm³/mol. The number of hydrogen-bond acceptors (Lipinski definition) is 3. The van der Waals surface area contributed by atoms with Crippen molar-refractivity contribution in [3.05, 3.63) is 86.7 Å². The summed E-state index contributed by atoms with van der Waals surface area (Å²) in [6.07, 6.45) is 1.06. The van der Waals surface area contributed by atoms with E-state index in [1.54, 1.807) is 6.92 Å². The number of carbonyl (C=O) groups is 2. The molecule has 1 atom stereocenters. The maximum atomic E-state index is 14.2. The zero-order chi connectivity index (χ0) is 23.2. The highest BCUT2D eigenvalue weighted by Crippen LogP contribution is 2.46. The maximum absolute atomic E-state index is 14.2. The van der Waals surface area contributed by atoms with Crippen molar-refractivity contribution in [3.63, 3.8) is 0 Å². The van der Waals surface area contributed by atoms with Crippen molar-refractivity contribution in [1.82, 2.24) is 5.32 Å². The van der Waals surface area contributed by atoms with Crippen molar-refractivity contribution >= 4 is 33.3 Å². The van der Waals surface area contributed by atoms with Crippen molar-refractivity contribution in [2.24, 2.45) is 5.41 Å². The fraction of sp³-hybridized carbons (Fsp3) is 0.280. The number of benzene rings is 2. The molecule has 0 spiro atoms. The molecule has 2 aliphatic rings. The minimum absolute atomic E-state index is 0.0116. The lowest BCUT2D eigenvalue weighted by Gasteiger charge is -2.39. The van der Waals surface area contributed by atoms with Crippen LogP contribution >= 0.6 is 15.9 Å². The van der Waals surface area contributed by atoms with E-state index in [-0.39, 0.29) is 16.9 Å². The molecule has 0 aromatic heterocycles. The molecule has 2 aromatic rings. The monoisotopic (exact) mass is 500 g/mol. The molecule has 0 bridgehead atoms. The number of hydrogen-bond donors (Lipinski definition) is 2. The molecule has 166 valence electrons. The van der Waals surface area contributed by atoms with Gasteiger partial charge < -0.3 is 10.6 Å². The van der Waals surface area contributed by atoms with Gasteiger partial charge in [0.05, 0.1) is 5.69 Å². The quantitative estimate of drug-likeness (QED) is 0.545. The van der Waals surface area contributed by atoms with E-state index >= 15 is 0 Å². The Bertz CT molecular complexity index is 1180. The third-order valence-electron chi connectivity index (χ3n) is 5.87. The van der Waals surface area contributed by atoms with E-state index in [1.807, 2.05) is 38.1 Å². The molecule has 1 heterocycles. The summed E-state index contributed by atoms with van der Waals surface area (Å²) in [5.41, 5.74) is 2.81. The van der Waals surface area contributed by atoms with E-state index in [9.17, 15) is 18.4 Å². The molecule has 4 rings (SSSR count). The highest BCUT2D eigenvalue weighted by atomic mass is 79.9. The number of carbonyl (C=O) groups excluding carboxylic acids is 2. The Morgan fingerprint density at radius 1 is 1.12 bits per heavy atom. The molecule has 4 nitrogen and oxygen atoms in total. The molecular weight excluding hydrogens is 478 g/mol. The second-order valence-electron chi connectivity index (χ2n) is 9.06. The van der Waals surface area contributed by atoms with Crippen LogP contribution in [0, 0.1) is 17.0 Å². The topological polar surface area (TPSA) is 58.2 Å². The second-order valence-corrected chi connectivity index (χ2v) is 9.98. The minimum atomic E-state index is -0.865. The van der Waals surface area contributed by atoms with Crippen LogP contribution in [0.5, 0.6) is 0 Å². The van der Waals surface area contributed by atoms with Crippen LogP contribution in [0.3, 0.4) is 0 Å². The van der Waals surface area contributed by atoms with E-state index < -0.39 is 23.5 Å². The highest BCUT2D eigenvalue weighted by Gasteiger charge is 2.42. The average Bonchev–Trinajstić information content (AvgIpc) is 2.68. The Hall–Kier alpha value is -2.80. The molecule has 0 unspecified atom stereocenters. The van der Waals surface area contributed by atoms with Crippen LogP contribution in [-0.4, -0.2) is 11.7 Å².